The Hall–Kier alpha value is -1.22. The number of carbonyl (C=O) groups is 1. The maximum absolute atomic E-state index is 11.1. The van der Waals surface area contributed by atoms with Gasteiger partial charge in [0.25, 0.3) is 0 Å². The number of carbonyl (C=O) groups excluding carboxylic acids is 1. The van der Waals surface area contributed by atoms with Crippen LogP contribution in [0, 0.1) is 6.92 Å². The number of nitrogens with one attached hydrogen (secondary N) is 1. The van der Waals surface area contributed by atoms with Gasteiger partial charge in [0.2, 0.25) is 5.91 Å². The summed E-state index contributed by atoms with van der Waals surface area (Å²) in [5.41, 5.74) is 1.18. The highest BCUT2D eigenvalue weighted by Crippen LogP contribution is 2.15. The first kappa shape index (κ1) is 10.9. The summed E-state index contributed by atoms with van der Waals surface area (Å²) in [4.78, 5) is 11.1. The van der Waals surface area contributed by atoms with Gasteiger partial charge in [-0.15, -0.1) is 0 Å². The fourth-order valence-electron chi connectivity index (χ4n) is 1.08. The van der Waals surface area contributed by atoms with Crippen molar-refractivity contribution in [3.8, 4) is 0 Å². The van der Waals surface area contributed by atoms with E-state index in [0.29, 0.717) is 0 Å². The molecule has 1 heterocycles. The molecule has 0 bridgehead atoms. The summed E-state index contributed by atoms with van der Waals surface area (Å²) >= 11 is 5.27. The van der Waals surface area contributed by atoms with E-state index in [9.17, 15) is 4.79 Å². The van der Waals surface area contributed by atoms with Crippen LogP contribution in [0.2, 0.25) is 0 Å². The molecule has 0 spiro atoms. The molecule has 0 saturated carbocycles. The van der Waals surface area contributed by atoms with Crippen molar-refractivity contribution in [2.45, 2.75) is 19.9 Å². The Kier molecular flexibility index (Phi) is 3.77. The molecule has 1 N–H and O–H groups in total. The van der Waals surface area contributed by atoms with Crippen molar-refractivity contribution in [1.82, 2.24) is 5.32 Å². The van der Waals surface area contributed by atoms with E-state index in [1.54, 1.807) is 0 Å². The quantitative estimate of drug-likeness (QED) is 0.784. The predicted octanol–water partition coefficient (Wildman–Crippen LogP) is 2.52. The summed E-state index contributed by atoms with van der Waals surface area (Å²) in [5.74, 6) is 1.33. The van der Waals surface area contributed by atoms with Gasteiger partial charge in [0, 0.05) is 11.6 Å². The molecular weight excluding hydrogens is 202 g/mol. The largest absolute Gasteiger partial charge is 0.464 e. The SMILES string of the molecule is Cc1ccc(C(C)NC(=O)/C=C/Cl)o1. The Balaban J connectivity index is 2.58. The van der Waals surface area contributed by atoms with Crippen LogP contribution in [0.3, 0.4) is 0 Å². The second-order valence-corrected chi connectivity index (χ2v) is 3.22. The monoisotopic (exact) mass is 213 g/mol. The molecule has 0 aliphatic rings. The Morgan fingerprint density at radius 3 is 2.86 bits per heavy atom. The highest BCUT2D eigenvalue weighted by atomic mass is 35.5. The summed E-state index contributed by atoms with van der Waals surface area (Å²) in [7, 11) is 0. The summed E-state index contributed by atoms with van der Waals surface area (Å²) in [5, 5.41) is 2.71. The third-order valence-corrected chi connectivity index (χ3v) is 1.89. The molecule has 1 unspecified atom stereocenters. The molecule has 1 rings (SSSR count). The molecule has 1 amide bonds. The molecule has 0 saturated heterocycles. The van der Waals surface area contributed by atoms with E-state index in [1.807, 2.05) is 26.0 Å². The van der Waals surface area contributed by atoms with Crippen LogP contribution in [0.1, 0.15) is 24.5 Å². The van der Waals surface area contributed by atoms with Gasteiger partial charge >= 0.3 is 0 Å². The van der Waals surface area contributed by atoms with Gasteiger partial charge in [-0.2, -0.15) is 0 Å². The average molecular weight is 214 g/mol. The minimum Gasteiger partial charge on any atom is -0.464 e. The van der Waals surface area contributed by atoms with Crippen molar-refractivity contribution in [3.63, 3.8) is 0 Å². The first-order valence-electron chi connectivity index (χ1n) is 4.27. The third kappa shape index (κ3) is 2.92. The minimum absolute atomic E-state index is 0.149. The molecule has 4 heteroatoms. The number of furan rings is 1. The molecule has 14 heavy (non-hydrogen) atoms. The fraction of sp³-hybridized carbons (Fsp3) is 0.300. The van der Waals surface area contributed by atoms with Crippen LogP contribution in [0.4, 0.5) is 0 Å². The highest BCUT2D eigenvalue weighted by molar-refractivity contribution is 6.26. The number of amides is 1. The van der Waals surface area contributed by atoms with Crippen LogP contribution in [-0.4, -0.2) is 5.91 Å². The lowest BCUT2D eigenvalue weighted by Crippen LogP contribution is -2.24. The first-order valence-corrected chi connectivity index (χ1v) is 4.70. The standard InChI is InChI=1S/C10H12ClNO2/c1-7-3-4-9(14-7)8(2)12-10(13)5-6-11/h3-6,8H,1-2H3,(H,12,13)/b6-5+. The van der Waals surface area contributed by atoms with Crippen molar-refractivity contribution >= 4 is 17.5 Å². The number of aryl methyl sites for hydroxylation is 1. The highest BCUT2D eigenvalue weighted by Gasteiger charge is 2.10. The van der Waals surface area contributed by atoms with Gasteiger partial charge in [-0.25, -0.2) is 0 Å². The number of hydrogen-bond donors (Lipinski definition) is 1. The van der Waals surface area contributed by atoms with Gasteiger partial charge in [-0.1, -0.05) is 11.6 Å². The summed E-state index contributed by atoms with van der Waals surface area (Å²) in [6.45, 7) is 3.70. The van der Waals surface area contributed by atoms with Gasteiger partial charge in [0.15, 0.2) is 0 Å². The molecule has 0 aromatic carbocycles. The minimum atomic E-state index is -0.235. The van der Waals surface area contributed by atoms with Gasteiger partial charge in [-0.05, 0) is 26.0 Å². The molecule has 0 radical (unpaired) electrons. The second kappa shape index (κ2) is 4.86. The molecule has 0 aliphatic heterocycles. The van der Waals surface area contributed by atoms with Crippen LogP contribution >= 0.6 is 11.6 Å². The number of halogens is 1. The molecule has 0 aliphatic carbocycles. The second-order valence-electron chi connectivity index (χ2n) is 2.97. The maximum atomic E-state index is 11.1. The average Bonchev–Trinajstić information content (AvgIpc) is 2.52. The molecule has 0 fully saturated rings. The topological polar surface area (TPSA) is 42.2 Å². The van der Waals surface area contributed by atoms with Crippen molar-refractivity contribution < 1.29 is 9.21 Å². The van der Waals surface area contributed by atoms with E-state index in [2.05, 4.69) is 5.32 Å². The van der Waals surface area contributed by atoms with Crippen LogP contribution < -0.4 is 5.32 Å². The van der Waals surface area contributed by atoms with Crippen LogP contribution in [0.5, 0.6) is 0 Å². The number of rotatable bonds is 3. The first-order chi connectivity index (χ1) is 6.63. The zero-order chi connectivity index (χ0) is 10.6. The maximum Gasteiger partial charge on any atom is 0.245 e. The lowest BCUT2D eigenvalue weighted by molar-refractivity contribution is -0.117. The van der Waals surface area contributed by atoms with E-state index in [0.717, 1.165) is 11.5 Å². The third-order valence-electron chi connectivity index (χ3n) is 1.76. The van der Waals surface area contributed by atoms with Crippen molar-refractivity contribution in [3.05, 3.63) is 35.3 Å². The van der Waals surface area contributed by atoms with Gasteiger partial charge < -0.3 is 9.73 Å². The zero-order valence-corrected chi connectivity index (χ0v) is 8.84. The van der Waals surface area contributed by atoms with Gasteiger partial charge in [0.05, 0.1) is 6.04 Å². The summed E-state index contributed by atoms with van der Waals surface area (Å²) in [6.07, 6.45) is 1.26. The van der Waals surface area contributed by atoms with E-state index in [-0.39, 0.29) is 11.9 Å². The van der Waals surface area contributed by atoms with Crippen LogP contribution in [0.25, 0.3) is 0 Å². The van der Waals surface area contributed by atoms with E-state index in [1.165, 1.54) is 11.6 Å². The summed E-state index contributed by atoms with van der Waals surface area (Å²) < 4.78 is 5.35. The lowest BCUT2D eigenvalue weighted by atomic mass is 10.2. The Labute approximate surface area is 87.7 Å². The van der Waals surface area contributed by atoms with Gasteiger partial charge in [-0.3, -0.25) is 4.79 Å². The van der Waals surface area contributed by atoms with Gasteiger partial charge in [0.1, 0.15) is 11.5 Å². The zero-order valence-electron chi connectivity index (χ0n) is 8.08. The number of hydrogen-bond acceptors (Lipinski definition) is 2. The predicted molar refractivity (Wildman–Crippen MR) is 55.0 cm³/mol. The Morgan fingerprint density at radius 2 is 2.36 bits per heavy atom. The summed E-state index contributed by atoms with van der Waals surface area (Å²) in [6, 6.07) is 3.55. The van der Waals surface area contributed by atoms with Crippen molar-refractivity contribution in [2.75, 3.05) is 0 Å². The molecule has 1 atom stereocenters. The lowest BCUT2D eigenvalue weighted by Gasteiger charge is -2.08. The molecule has 76 valence electrons. The molecular formula is C10H12ClNO2. The van der Waals surface area contributed by atoms with Crippen molar-refractivity contribution in [2.24, 2.45) is 0 Å². The Morgan fingerprint density at radius 1 is 1.64 bits per heavy atom. The molecule has 1 aromatic rings. The van der Waals surface area contributed by atoms with Crippen LogP contribution in [0.15, 0.2) is 28.2 Å². The van der Waals surface area contributed by atoms with E-state index >= 15 is 0 Å². The molecule has 1 aromatic heterocycles. The van der Waals surface area contributed by atoms with E-state index < -0.39 is 0 Å². The fourth-order valence-corrected chi connectivity index (χ4v) is 1.19. The van der Waals surface area contributed by atoms with E-state index in [4.69, 9.17) is 16.0 Å². The molecule has 3 nitrogen and oxygen atoms in total. The van der Waals surface area contributed by atoms with Crippen LogP contribution in [-0.2, 0) is 4.79 Å². The van der Waals surface area contributed by atoms with Crippen molar-refractivity contribution in [1.29, 1.82) is 0 Å². The Bertz CT molecular complexity index is 344. The normalized spacial score (nSPS) is 13.1. The smallest absolute Gasteiger partial charge is 0.245 e.